The Hall–Kier alpha value is -3.58. The molecule has 1 saturated heterocycles. The Morgan fingerprint density at radius 2 is 1.72 bits per heavy atom. The molecule has 162 valence electrons. The van der Waals surface area contributed by atoms with Crippen molar-refractivity contribution in [1.82, 2.24) is 9.88 Å². The lowest BCUT2D eigenvalue weighted by Gasteiger charge is -2.36. The topological polar surface area (TPSA) is 58.8 Å². The predicted molar refractivity (Wildman–Crippen MR) is 126 cm³/mol. The molecule has 0 saturated carbocycles. The van der Waals surface area contributed by atoms with Gasteiger partial charge in [-0.1, -0.05) is 42.5 Å². The Labute approximate surface area is 190 Å². The predicted octanol–water partition coefficient (Wildman–Crippen LogP) is 5.04. The number of ether oxygens (including phenoxy) is 1. The number of carbonyl (C=O) groups is 1. The fraction of sp³-hybridized carbons (Fsp3) is 0.200. The number of rotatable bonds is 5. The number of aromatic nitrogens is 1. The van der Waals surface area contributed by atoms with E-state index in [0.29, 0.717) is 34.4 Å². The molecule has 0 N–H and O–H groups in total. The Balaban J connectivity index is 1.40. The van der Waals surface area contributed by atoms with Crippen LogP contribution in [0.4, 0.5) is 5.69 Å². The van der Waals surface area contributed by atoms with Crippen LogP contribution >= 0.6 is 11.3 Å². The minimum absolute atomic E-state index is 0.0128. The molecule has 6 nitrogen and oxygen atoms in total. The van der Waals surface area contributed by atoms with Crippen LogP contribution in [0.15, 0.2) is 77.4 Å². The van der Waals surface area contributed by atoms with E-state index in [1.165, 1.54) is 11.3 Å². The van der Waals surface area contributed by atoms with Gasteiger partial charge in [0.05, 0.1) is 24.8 Å². The van der Waals surface area contributed by atoms with Gasteiger partial charge in [-0.2, -0.15) is 0 Å². The zero-order chi connectivity index (χ0) is 21.9. The number of nitrogens with zero attached hydrogens (tertiary/aromatic N) is 3. The SMILES string of the molecule is COc1ccccc1N1CCN(C(=O)c2sc(-c3ccco3)nc2-c2ccccc2)CC1. The molecule has 2 aromatic heterocycles. The van der Waals surface area contributed by atoms with E-state index < -0.39 is 0 Å². The Morgan fingerprint density at radius 1 is 0.969 bits per heavy atom. The molecule has 32 heavy (non-hydrogen) atoms. The highest BCUT2D eigenvalue weighted by Crippen LogP contribution is 2.35. The highest BCUT2D eigenvalue weighted by Gasteiger charge is 2.28. The number of carbonyl (C=O) groups excluding carboxylic acids is 1. The number of amides is 1. The molecule has 0 unspecified atom stereocenters. The maximum absolute atomic E-state index is 13.6. The summed E-state index contributed by atoms with van der Waals surface area (Å²) in [5.74, 6) is 1.54. The monoisotopic (exact) mass is 445 g/mol. The van der Waals surface area contributed by atoms with Crippen LogP contribution in [0.1, 0.15) is 9.67 Å². The molecule has 5 rings (SSSR count). The largest absolute Gasteiger partial charge is 0.495 e. The molecule has 0 aliphatic carbocycles. The molecule has 0 atom stereocenters. The third-order valence-electron chi connectivity index (χ3n) is 5.59. The van der Waals surface area contributed by atoms with Crippen LogP contribution in [-0.2, 0) is 0 Å². The summed E-state index contributed by atoms with van der Waals surface area (Å²) in [6, 6.07) is 21.5. The highest BCUT2D eigenvalue weighted by molar-refractivity contribution is 7.17. The van der Waals surface area contributed by atoms with Gasteiger partial charge in [0, 0.05) is 31.7 Å². The first kappa shape index (κ1) is 20.3. The zero-order valence-electron chi connectivity index (χ0n) is 17.7. The summed E-state index contributed by atoms with van der Waals surface area (Å²) in [4.78, 5) is 23.2. The fourth-order valence-electron chi connectivity index (χ4n) is 3.95. The molecule has 3 heterocycles. The van der Waals surface area contributed by atoms with E-state index in [4.69, 9.17) is 14.1 Å². The van der Waals surface area contributed by atoms with Crippen molar-refractivity contribution in [3.8, 4) is 27.8 Å². The van der Waals surface area contributed by atoms with Crippen molar-refractivity contribution < 1.29 is 13.9 Å². The third kappa shape index (κ3) is 3.87. The number of anilines is 1. The van der Waals surface area contributed by atoms with E-state index >= 15 is 0 Å². The average molecular weight is 446 g/mol. The van der Waals surface area contributed by atoms with E-state index in [9.17, 15) is 4.79 Å². The normalized spacial score (nSPS) is 13.9. The quantitative estimate of drug-likeness (QED) is 0.431. The highest BCUT2D eigenvalue weighted by atomic mass is 32.1. The molecule has 0 radical (unpaired) electrons. The number of piperazine rings is 1. The first-order valence-corrected chi connectivity index (χ1v) is 11.3. The van der Waals surface area contributed by atoms with Gasteiger partial charge < -0.3 is 19.0 Å². The molecule has 4 aromatic rings. The van der Waals surface area contributed by atoms with Crippen LogP contribution in [0.5, 0.6) is 5.75 Å². The van der Waals surface area contributed by atoms with Gasteiger partial charge in [-0.3, -0.25) is 4.79 Å². The standard InChI is InChI=1S/C25H23N3O3S/c1-30-20-11-6-5-10-19(20)27-13-15-28(16-14-27)25(29)23-22(18-8-3-2-4-9-18)26-24(32-23)21-12-7-17-31-21/h2-12,17H,13-16H2,1H3. The maximum atomic E-state index is 13.6. The Kier molecular flexibility index (Phi) is 5.64. The lowest BCUT2D eigenvalue weighted by molar-refractivity contribution is 0.0752. The zero-order valence-corrected chi connectivity index (χ0v) is 18.5. The first-order chi connectivity index (χ1) is 15.7. The molecule has 2 aromatic carbocycles. The summed E-state index contributed by atoms with van der Waals surface area (Å²) in [6.07, 6.45) is 1.62. The summed E-state index contributed by atoms with van der Waals surface area (Å²) in [6.45, 7) is 2.77. The molecular formula is C25H23N3O3S. The first-order valence-electron chi connectivity index (χ1n) is 10.5. The van der Waals surface area contributed by atoms with Gasteiger partial charge >= 0.3 is 0 Å². The van der Waals surface area contributed by atoms with Gasteiger partial charge in [-0.05, 0) is 24.3 Å². The van der Waals surface area contributed by atoms with Crippen LogP contribution in [0, 0.1) is 0 Å². The van der Waals surface area contributed by atoms with Crippen molar-refractivity contribution in [2.45, 2.75) is 0 Å². The van der Waals surface area contributed by atoms with Crippen LogP contribution in [0.3, 0.4) is 0 Å². The lowest BCUT2D eigenvalue weighted by Crippen LogP contribution is -2.48. The van der Waals surface area contributed by atoms with Crippen molar-refractivity contribution in [3.05, 3.63) is 77.9 Å². The molecule has 0 spiro atoms. The van der Waals surface area contributed by atoms with Crippen LogP contribution < -0.4 is 9.64 Å². The Bertz CT molecular complexity index is 1200. The summed E-state index contributed by atoms with van der Waals surface area (Å²) in [5.41, 5.74) is 2.70. The second-order valence-electron chi connectivity index (χ2n) is 7.49. The van der Waals surface area contributed by atoms with Gasteiger partial charge in [0.15, 0.2) is 10.8 Å². The molecule has 0 bridgehead atoms. The van der Waals surface area contributed by atoms with Crippen molar-refractivity contribution in [2.24, 2.45) is 0 Å². The number of para-hydroxylation sites is 2. The van der Waals surface area contributed by atoms with Crippen molar-refractivity contribution >= 4 is 22.9 Å². The third-order valence-corrected chi connectivity index (χ3v) is 6.65. The molecule has 1 amide bonds. The van der Waals surface area contributed by atoms with Gasteiger partial charge in [0.25, 0.3) is 5.91 Å². The number of hydrogen-bond acceptors (Lipinski definition) is 6. The fourth-order valence-corrected chi connectivity index (χ4v) is 4.97. The number of benzene rings is 2. The summed E-state index contributed by atoms with van der Waals surface area (Å²) in [5, 5.41) is 0.713. The number of furan rings is 1. The minimum atomic E-state index is 0.0128. The maximum Gasteiger partial charge on any atom is 0.266 e. The molecule has 7 heteroatoms. The van der Waals surface area contributed by atoms with E-state index in [1.807, 2.05) is 65.6 Å². The van der Waals surface area contributed by atoms with Gasteiger partial charge in [-0.15, -0.1) is 11.3 Å². The molecule has 1 aliphatic heterocycles. The average Bonchev–Trinajstić information content (AvgIpc) is 3.55. The number of thiazole rings is 1. The second-order valence-corrected chi connectivity index (χ2v) is 8.49. The van der Waals surface area contributed by atoms with Crippen molar-refractivity contribution in [1.29, 1.82) is 0 Å². The minimum Gasteiger partial charge on any atom is -0.495 e. The smallest absolute Gasteiger partial charge is 0.266 e. The van der Waals surface area contributed by atoms with Crippen molar-refractivity contribution in [2.75, 3.05) is 38.2 Å². The van der Waals surface area contributed by atoms with Crippen LogP contribution in [0.2, 0.25) is 0 Å². The molecule has 1 fully saturated rings. The van der Waals surface area contributed by atoms with Gasteiger partial charge in [-0.25, -0.2) is 4.98 Å². The molecule has 1 aliphatic rings. The summed E-state index contributed by atoms with van der Waals surface area (Å²) >= 11 is 1.39. The number of methoxy groups -OCH3 is 1. The van der Waals surface area contributed by atoms with Crippen LogP contribution in [0.25, 0.3) is 22.0 Å². The van der Waals surface area contributed by atoms with Gasteiger partial charge in [0.2, 0.25) is 0 Å². The second kappa shape index (κ2) is 8.88. The van der Waals surface area contributed by atoms with E-state index in [2.05, 4.69) is 11.0 Å². The lowest BCUT2D eigenvalue weighted by atomic mass is 10.1. The summed E-state index contributed by atoms with van der Waals surface area (Å²) in [7, 11) is 1.68. The van der Waals surface area contributed by atoms with Crippen molar-refractivity contribution in [3.63, 3.8) is 0 Å². The van der Waals surface area contributed by atoms with E-state index in [-0.39, 0.29) is 5.91 Å². The summed E-state index contributed by atoms with van der Waals surface area (Å²) < 4.78 is 11.0. The van der Waals surface area contributed by atoms with Crippen LogP contribution in [-0.4, -0.2) is 49.1 Å². The number of hydrogen-bond donors (Lipinski definition) is 0. The Morgan fingerprint density at radius 3 is 2.44 bits per heavy atom. The molecular weight excluding hydrogens is 422 g/mol. The van der Waals surface area contributed by atoms with Gasteiger partial charge in [0.1, 0.15) is 10.6 Å². The van der Waals surface area contributed by atoms with E-state index in [0.717, 1.165) is 30.1 Å². The van der Waals surface area contributed by atoms with E-state index in [1.54, 1.807) is 13.4 Å².